The molecule has 0 aliphatic carbocycles. The Morgan fingerprint density at radius 3 is 2.42 bits per heavy atom. The summed E-state index contributed by atoms with van der Waals surface area (Å²) < 4.78 is 0. The van der Waals surface area contributed by atoms with Crippen LogP contribution in [-0.4, -0.2) is 21.6 Å². The van der Waals surface area contributed by atoms with Gasteiger partial charge in [0.2, 0.25) is 0 Å². The zero-order valence-electron chi connectivity index (χ0n) is 6.63. The number of hydrogen-bond donors (Lipinski definition) is 3. The van der Waals surface area contributed by atoms with Gasteiger partial charge >= 0.3 is 0 Å². The number of nitrogens with zero attached hydrogens (tertiary/aromatic N) is 2. The van der Waals surface area contributed by atoms with Crippen LogP contribution in [0, 0.1) is 10.8 Å². The fourth-order valence-electron chi connectivity index (χ4n) is 0.672. The van der Waals surface area contributed by atoms with Crippen LogP contribution in [-0.2, 0) is 0 Å². The minimum Gasteiger partial charge on any atom is -0.327 e. The summed E-state index contributed by atoms with van der Waals surface area (Å²) in [4.78, 5) is 7.67. The molecule has 0 saturated carbocycles. The lowest BCUT2D eigenvalue weighted by Crippen LogP contribution is -2.29. The van der Waals surface area contributed by atoms with Gasteiger partial charge in [-0.3, -0.25) is 10.8 Å². The standard InChI is InChI=1S/C7H9N5/c1-5(8)12-6(9)7-10-3-2-4-11-7/h2-4H,1H3,(H3,8,9,12). The molecule has 1 aromatic rings. The maximum Gasteiger partial charge on any atom is 0.195 e. The van der Waals surface area contributed by atoms with E-state index in [1.807, 2.05) is 0 Å². The minimum absolute atomic E-state index is 0.0445. The van der Waals surface area contributed by atoms with Crippen molar-refractivity contribution in [2.75, 3.05) is 0 Å². The summed E-state index contributed by atoms with van der Waals surface area (Å²) in [7, 11) is 0. The molecule has 5 nitrogen and oxygen atoms in total. The molecule has 0 fully saturated rings. The third kappa shape index (κ3) is 2.12. The molecule has 12 heavy (non-hydrogen) atoms. The first kappa shape index (κ1) is 8.32. The van der Waals surface area contributed by atoms with E-state index in [0.717, 1.165) is 0 Å². The Morgan fingerprint density at radius 2 is 1.92 bits per heavy atom. The number of rotatable bonds is 1. The molecule has 0 atom stereocenters. The van der Waals surface area contributed by atoms with Crippen molar-refractivity contribution in [3.05, 3.63) is 24.3 Å². The van der Waals surface area contributed by atoms with Crippen molar-refractivity contribution in [1.82, 2.24) is 15.3 Å². The van der Waals surface area contributed by atoms with E-state index in [4.69, 9.17) is 10.8 Å². The summed E-state index contributed by atoms with van der Waals surface area (Å²) in [5.74, 6) is 0.541. The zero-order valence-corrected chi connectivity index (χ0v) is 6.63. The molecule has 1 aromatic heterocycles. The molecule has 62 valence electrons. The van der Waals surface area contributed by atoms with E-state index < -0.39 is 0 Å². The summed E-state index contributed by atoms with van der Waals surface area (Å²) in [5, 5.41) is 17.0. The highest BCUT2D eigenvalue weighted by Crippen LogP contribution is 1.86. The average Bonchev–Trinajstić information content (AvgIpc) is 2.05. The Morgan fingerprint density at radius 1 is 1.33 bits per heavy atom. The third-order valence-corrected chi connectivity index (χ3v) is 1.10. The highest BCUT2D eigenvalue weighted by Gasteiger charge is 2.01. The predicted octanol–water partition coefficient (Wildman–Crippen LogP) is 0.389. The van der Waals surface area contributed by atoms with Gasteiger partial charge in [-0.15, -0.1) is 0 Å². The van der Waals surface area contributed by atoms with Crippen LogP contribution in [0.5, 0.6) is 0 Å². The Kier molecular flexibility index (Phi) is 2.47. The van der Waals surface area contributed by atoms with Gasteiger partial charge < -0.3 is 5.32 Å². The second-order valence-corrected chi connectivity index (χ2v) is 2.20. The molecule has 3 N–H and O–H groups in total. The average molecular weight is 163 g/mol. The van der Waals surface area contributed by atoms with E-state index in [-0.39, 0.29) is 11.7 Å². The lowest BCUT2D eigenvalue weighted by atomic mass is 10.5. The Labute approximate surface area is 69.9 Å². The number of nitrogens with one attached hydrogen (secondary N) is 3. The van der Waals surface area contributed by atoms with Gasteiger partial charge in [-0.2, -0.15) is 0 Å². The fraction of sp³-hybridized carbons (Fsp3) is 0.143. The first-order chi connectivity index (χ1) is 5.70. The molecular weight excluding hydrogens is 154 g/mol. The van der Waals surface area contributed by atoms with E-state index in [0.29, 0.717) is 5.82 Å². The van der Waals surface area contributed by atoms with Crippen molar-refractivity contribution < 1.29 is 0 Å². The van der Waals surface area contributed by atoms with Crippen LogP contribution >= 0.6 is 0 Å². The van der Waals surface area contributed by atoms with Crippen LogP contribution in [0.15, 0.2) is 18.5 Å². The quantitative estimate of drug-likeness (QED) is 0.413. The van der Waals surface area contributed by atoms with Gasteiger partial charge in [0.25, 0.3) is 0 Å². The summed E-state index contributed by atoms with van der Waals surface area (Å²) in [6.07, 6.45) is 3.11. The maximum absolute atomic E-state index is 7.38. The Bertz CT molecular complexity index is 292. The third-order valence-electron chi connectivity index (χ3n) is 1.10. The zero-order chi connectivity index (χ0) is 8.97. The van der Waals surface area contributed by atoms with Crippen LogP contribution in [0.2, 0.25) is 0 Å². The molecule has 1 rings (SSSR count). The molecule has 0 aliphatic heterocycles. The summed E-state index contributed by atoms with van der Waals surface area (Å²) >= 11 is 0. The molecule has 1 heterocycles. The molecule has 0 radical (unpaired) electrons. The molecule has 0 aromatic carbocycles. The van der Waals surface area contributed by atoms with Gasteiger partial charge in [0, 0.05) is 12.4 Å². The van der Waals surface area contributed by atoms with E-state index >= 15 is 0 Å². The van der Waals surface area contributed by atoms with Crippen LogP contribution in [0.3, 0.4) is 0 Å². The molecule has 0 unspecified atom stereocenters. The molecule has 0 amide bonds. The first-order valence-corrected chi connectivity index (χ1v) is 3.38. The van der Waals surface area contributed by atoms with Crippen molar-refractivity contribution in [2.24, 2.45) is 0 Å². The number of amidine groups is 2. The number of aromatic nitrogens is 2. The van der Waals surface area contributed by atoms with Gasteiger partial charge in [-0.1, -0.05) is 0 Å². The van der Waals surface area contributed by atoms with Gasteiger partial charge in [-0.05, 0) is 13.0 Å². The second kappa shape index (κ2) is 3.56. The lowest BCUT2D eigenvalue weighted by molar-refractivity contribution is 1.08. The van der Waals surface area contributed by atoms with E-state index in [2.05, 4.69) is 15.3 Å². The van der Waals surface area contributed by atoms with Gasteiger partial charge in [-0.25, -0.2) is 9.97 Å². The largest absolute Gasteiger partial charge is 0.327 e. The number of hydrogen-bond acceptors (Lipinski definition) is 4. The first-order valence-electron chi connectivity index (χ1n) is 3.38. The summed E-state index contributed by atoms with van der Waals surface area (Å²) in [5.41, 5.74) is 0. The molecule has 0 spiro atoms. The summed E-state index contributed by atoms with van der Waals surface area (Å²) in [6.45, 7) is 1.55. The molecule has 0 bridgehead atoms. The van der Waals surface area contributed by atoms with E-state index in [1.165, 1.54) is 0 Å². The molecule has 0 aliphatic rings. The molecular formula is C7H9N5. The van der Waals surface area contributed by atoms with Crippen LogP contribution in [0.4, 0.5) is 0 Å². The molecule has 0 saturated heterocycles. The van der Waals surface area contributed by atoms with E-state index in [1.54, 1.807) is 25.4 Å². The van der Waals surface area contributed by atoms with Crippen molar-refractivity contribution >= 4 is 11.7 Å². The fourth-order valence-corrected chi connectivity index (χ4v) is 0.672. The maximum atomic E-state index is 7.38. The van der Waals surface area contributed by atoms with Gasteiger partial charge in [0.15, 0.2) is 11.7 Å². The van der Waals surface area contributed by atoms with Crippen molar-refractivity contribution in [1.29, 1.82) is 10.8 Å². The monoisotopic (exact) mass is 163 g/mol. The summed E-state index contributed by atoms with van der Waals surface area (Å²) in [6, 6.07) is 1.67. The van der Waals surface area contributed by atoms with Crippen molar-refractivity contribution in [3.63, 3.8) is 0 Å². The highest BCUT2D eigenvalue weighted by atomic mass is 15.0. The Hall–Kier alpha value is -1.78. The SMILES string of the molecule is CC(=N)NC(=N)c1ncccn1. The smallest absolute Gasteiger partial charge is 0.195 e. The van der Waals surface area contributed by atoms with Crippen LogP contribution < -0.4 is 5.32 Å². The van der Waals surface area contributed by atoms with Crippen LogP contribution in [0.25, 0.3) is 0 Å². The second-order valence-electron chi connectivity index (χ2n) is 2.20. The molecule has 5 heteroatoms. The van der Waals surface area contributed by atoms with Crippen molar-refractivity contribution in [3.8, 4) is 0 Å². The van der Waals surface area contributed by atoms with Gasteiger partial charge in [0.1, 0.15) is 0 Å². The normalized spacial score (nSPS) is 9.08. The van der Waals surface area contributed by atoms with E-state index in [9.17, 15) is 0 Å². The lowest BCUT2D eigenvalue weighted by Gasteiger charge is -2.02. The predicted molar refractivity (Wildman–Crippen MR) is 45.4 cm³/mol. The topological polar surface area (TPSA) is 85.5 Å². The highest BCUT2D eigenvalue weighted by molar-refractivity contribution is 6.04. The van der Waals surface area contributed by atoms with Crippen LogP contribution in [0.1, 0.15) is 12.7 Å². The van der Waals surface area contributed by atoms with Crippen molar-refractivity contribution in [2.45, 2.75) is 6.92 Å². The van der Waals surface area contributed by atoms with Gasteiger partial charge in [0.05, 0.1) is 5.84 Å². The minimum atomic E-state index is 0.0445. The Balaban J connectivity index is 2.73.